The Morgan fingerprint density at radius 2 is 1.97 bits per heavy atom. The zero-order chi connectivity index (χ0) is 27.9. The number of fused-ring (bicyclic) bond motifs is 1. The summed E-state index contributed by atoms with van der Waals surface area (Å²) < 4.78 is 6.68. The van der Waals surface area contributed by atoms with E-state index in [1.165, 1.54) is 0 Å². The molecule has 1 atom stereocenters. The fourth-order valence-corrected chi connectivity index (χ4v) is 4.74. The molecule has 1 N–H and O–H groups in total. The molecule has 11 heteroatoms. The number of halogens is 1. The highest BCUT2D eigenvalue weighted by Crippen LogP contribution is 2.30. The summed E-state index contributed by atoms with van der Waals surface area (Å²) in [5.74, 6) is -0.327. The normalized spacial score (nSPS) is 14.9. The molecule has 1 aliphatic heterocycles. The minimum atomic E-state index is -0.302. The summed E-state index contributed by atoms with van der Waals surface area (Å²) in [5, 5.41) is 7.39. The van der Waals surface area contributed by atoms with Crippen LogP contribution < -0.4 is 10.2 Å². The van der Waals surface area contributed by atoms with E-state index >= 15 is 0 Å². The van der Waals surface area contributed by atoms with Crippen molar-refractivity contribution < 1.29 is 19.1 Å². The summed E-state index contributed by atoms with van der Waals surface area (Å²) in [6.45, 7) is 3.65. The lowest BCUT2D eigenvalue weighted by molar-refractivity contribution is -0.130. The number of aromatic nitrogens is 2. The number of carbonyl (C=O) groups excluding carboxylic acids is 3. The van der Waals surface area contributed by atoms with Crippen LogP contribution in [0, 0.1) is 0 Å². The molecule has 3 aromatic rings. The van der Waals surface area contributed by atoms with E-state index in [9.17, 15) is 14.4 Å². The van der Waals surface area contributed by atoms with Gasteiger partial charge in [-0.15, -0.1) is 0 Å². The maximum atomic E-state index is 13.8. The van der Waals surface area contributed by atoms with E-state index < -0.39 is 0 Å². The Hall–Kier alpha value is -3.89. The van der Waals surface area contributed by atoms with Crippen LogP contribution in [0.2, 0.25) is 5.02 Å². The topological polar surface area (TPSA) is 100 Å². The standard InChI is InChI=1S/C28H33ClN6O4/c1-20-18-34(27(37)23-10-9-22(17-24(23)29)35-14-6-12-31-35)25-8-5-4-7-21(25)19-33(20)28(38)30-13-11-26(36)32(2)15-16-39-3/h4-10,12,14,17,20H,11,13,15-16,18-19H2,1-3H3,(H,30,38)/t20-/m1/s1. The first-order chi connectivity index (χ1) is 18.8. The van der Waals surface area contributed by atoms with Crippen LogP contribution in [0.1, 0.15) is 29.3 Å². The molecule has 2 heterocycles. The van der Waals surface area contributed by atoms with Gasteiger partial charge in [0.25, 0.3) is 5.91 Å². The van der Waals surface area contributed by atoms with Crippen LogP contribution in [-0.2, 0) is 16.1 Å². The molecule has 0 spiro atoms. The molecular formula is C28H33ClN6O4. The van der Waals surface area contributed by atoms with Crippen molar-refractivity contribution in [2.75, 3.05) is 45.3 Å². The highest BCUT2D eigenvalue weighted by Gasteiger charge is 2.32. The molecule has 39 heavy (non-hydrogen) atoms. The SMILES string of the molecule is COCCN(C)C(=O)CCNC(=O)N1Cc2ccccc2N(C(=O)c2ccc(-n3cccn3)cc2Cl)C[C@H]1C. The van der Waals surface area contributed by atoms with Gasteiger partial charge in [-0.3, -0.25) is 9.59 Å². The molecule has 4 rings (SSSR count). The molecule has 206 valence electrons. The molecule has 0 bridgehead atoms. The highest BCUT2D eigenvalue weighted by molar-refractivity contribution is 6.34. The Kier molecular flexibility index (Phi) is 9.21. The average molecular weight is 553 g/mol. The Morgan fingerprint density at radius 1 is 1.18 bits per heavy atom. The van der Waals surface area contributed by atoms with Gasteiger partial charge in [0.05, 0.1) is 22.9 Å². The fraction of sp³-hybridized carbons (Fsp3) is 0.357. The summed E-state index contributed by atoms with van der Waals surface area (Å²) in [6.07, 6.45) is 3.65. The molecular weight excluding hydrogens is 520 g/mol. The van der Waals surface area contributed by atoms with E-state index in [1.54, 1.807) is 64.1 Å². The Labute approximate surface area is 233 Å². The maximum absolute atomic E-state index is 13.8. The van der Waals surface area contributed by atoms with Gasteiger partial charge in [-0.1, -0.05) is 29.8 Å². The first-order valence-corrected chi connectivity index (χ1v) is 13.1. The van der Waals surface area contributed by atoms with Gasteiger partial charge in [-0.05, 0) is 42.8 Å². The molecule has 0 radical (unpaired) electrons. The van der Waals surface area contributed by atoms with Gasteiger partial charge in [0.1, 0.15) is 0 Å². The van der Waals surface area contributed by atoms with Crippen molar-refractivity contribution >= 4 is 35.1 Å². The van der Waals surface area contributed by atoms with Crippen LogP contribution in [0.15, 0.2) is 60.9 Å². The molecule has 2 aromatic carbocycles. The predicted molar refractivity (Wildman–Crippen MR) is 149 cm³/mol. The number of benzene rings is 2. The third-order valence-corrected chi connectivity index (χ3v) is 7.04. The van der Waals surface area contributed by atoms with E-state index in [1.807, 2.05) is 37.3 Å². The number of ether oxygens (including phenoxy) is 1. The van der Waals surface area contributed by atoms with Crippen LogP contribution in [0.25, 0.3) is 5.69 Å². The number of amides is 4. The van der Waals surface area contributed by atoms with Crippen LogP contribution in [0.4, 0.5) is 10.5 Å². The number of anilines is 1. The van der Waals surface area contributed by atoms with E-state index in [0.717, 1.165) is 16.9 Å². The molecule has 0 unspecified atom stereocenters. The van der Waals surface area contributed by atoms with E-state index in [0.29, 0.717) is 30.3 Å². The second kappa shape index (κ2) is 12.8. The molecule has 1 aromatic heterocycles. The minimum absolute atomic E-state index is 0.0752. The number of para-hydroxylation sites is 1. The summed E-state index contributed by atoms with van der Waals surface area (Å²) in [7, 11) is 3.29. The van der Waals surface area contributed by atoms with E-state index in [4.69, 9.17) is 16.3 Å². The first-order valence-electron chi connectivity index (χ1n) is 12.8. The lowest BCUT2D eigenvalue weighted by Crippen LogP contribution is -2.48. The summed E-state index contributed by atoms with van der Waals surface area (Å²) in [5.41, 5.74) is 2.68. The highest BCUT2D eigenvalue weighted by atomic mass is 35.5. The molecule has 0 saturated heterocycles. The number of nitrogens with one attached hydrogen (secondary N) is 1. The Balaban J connectivity index is 1.48. The van der Waals surface area contributed by atoms with Crippen molar-refractivity contribution in [1.82, 2.24) is 24.9 Å². The third kappa shape index (κ3) is 6.58. The van der Waals surface area contributed by atoms with Crippen molar-refractivity contribution in [1.29, 1.82) is 0 Å². The van der Waals surface area contributed by atoms with Gasteiger partial charge in [-0.2, -0.15) is 5.10 Å². The van der Waals surface area contributed by atoms with Gasteiger partial charge in [0.15, 0.2) is 0 Å². The van der Waals surface area contributed by atoms with Crippen molar-refractivity contribution in [3.63, 3.8) is 0 Å². The smallest absolute Gasteiger partial charge is 0.318 e. The molecule has 1 aliphatic rings. The summed E-state index contributed by atoms with van der Waals surface area (Å²) in [4.78, 5) is 44.2. The Morgan fingerprint density at radius 3 is 2.69 bits per heavy atom. The minimum Gasteiger partial charge on any atom is -0.383 e. The van der Waals surface area contributed by atoms with Gasteiger partial charge in [0.2, 0.25) is 5.91 Å². The van der Waals surface area contributed by atoms with Gasteiger partial charge in [-0.25, -0.2) is 9.48 Å². The number of methoxy groups -OCH3 is 1. The second-order valence-corrected chi connectivity index (χ2v) is 9.83. The Bertz CT molecular complexity index is 1320. The summed E-state index contributed by atoms with van der Waals surface area (Å²) >= 11 is 6.58. The van der Waals surface area contributed by atoms with Crippen LogP contribution in [0.3, 0.4) is 0 Å². The van der Waals surface area contributed by atoms with Gasteiger partial charge >= 0.3 is 6.03 Å². The van der Waals surface area contributed by atoms with Crippen LogP contribution in [0.5, 0.6) is 0 Å². The number of hydrogen-bond donors (Lipinski definition) is 1. The molecule has 0 aliphatic carbocycles. The number of nitrogens with zero attached hydrogens (tertiary/aromatic N) is 5. The van der Waals surface area contributed by atoms with Gasteiger partial charge in [0, 0.05) is 70.9 Å². The largest absolute Gasteiger partial charge is 0.383 e. The zero-order valence-electron chi connectivity index (χ0n) is 22.3. The molecule has 4 amide bonds. The summed E-state index contributed by atoms with van der Waals surface area (Å²) in [6, 6.07) is 14.0. The number of likely N-dealkylation sites (N-methyl/N-ethyl adjacent to an activating group) is 1. The van der Waals surface area contributed by atoms with Gasteiger partial charge < -0.3 is 24.8 Å². The second-order valence-electron chi connectivity index (χ2n) is 9.43. The molecule has 0 saturated carbocycles. The van der Waals surface area contributed by atoms with Crippen molar-refractivity contribution in [2.45, 2.75) is 25.9 Å². The van der Waals surface area contributed by atoms with Crippen LogP contribution in [-0.4, -0.2) is 83.9 Å². The number of rotatable bonds is 8. The van der Waals surface area contributed by atoms with E-state index in [2.05, 4.69) is 10.4 Å². The number of urea groups is 1. The van der Waals surface area contributed by atoms with Crippen LogP contribution >= 0.6 is 11.6 Å². The number of carbonyl (C=O) groups is 3. The maximum Gasteiger partial charge on any atom is 0.318 e. The predicted octanol–water partition coefficient (Wildman–Crippen LogP) is 3.58. The first kappa shape index (κ1) is 28.1. The third-order valence-electron chi connectivity index (χ3n) is 6.73. The molecule has 10 nitrogen and oxygen atoms in total. The fourth-order valence-electron chi connectivity index (χ4n) is 4.48. The average Bonchev–Trinajstić information content (AvgIpc) is 3.43. The quantitative estimate of drug-likeness (QED) is 0.460. The lowest BCUT2D eigenvalue weighted by Gasteiger charge is -2.29. The monoisotopic (exact) mass is 552 g/mol. The van der Waals surface area contributed by atoms with Crippen molar-refractivity contribution in [3.05, 3.63) is 77.1 Å². The van der Waals surface area contributed by atoms with E-state index in [-0.39, 0.29) is 43.4 Å². The van der Waals surface area contributed by atoms with Crippen molar-refractivity contribution in [3.8, 4) is 5.69 Å². The molecule has 0 fully saturated rings. The lowest BCUT2D eigenvalue weighted by atomic mass is 10.1. The number of hydrogen-bond acceptors (Lipinski definition) is 5. The zero-order valence-corrected chi connectivity index (χ0v) is 23.1. The van der Waals surface area contributed by atoms with Crippen molar-refractivity contribution in [2.24, 2.45) is 0 Å².